The van der Waals surface area contributed by atoms with Crippen molar-refractivity contribution in [2.45, 2.75) is 43.0 Å². The van der Waals surface area contributed by atoms with Gasteiger partial charge in [0.1, 0.15) is 11.9 Å². The number of hydrogen-bond donors (Lipinski definition) is 2. The molecule has 0 spiro atoms. The molecule has 2 N–H and O–H groups in total. The Balaban J connectivity index is 1.45. The monoisotopic (exact) mass is 463 g/mol. The molecule has 1 aromatic heterocycles. The first-order valence-electron chi connectivity index (χ1n) is 11.0. The highest BCUT2D eigenvalue weighted by molar-refractivity contribution is 7.89. The van der Waals surface area contributed by atoms with Crippen molar-refractivity contribution in [2.24, 2.45) is 7.05 Å². The number of hydrogen-bond acceptors (Lipinski definition) is 6. The smallest absolute Gasteiger partial charge is 0.243 e. The summed E-state index contributed by atoms with van der Waals surface area (Å²) in [6.45, 7) is 2.10. The number of rotatable bonds is 6. The Kier molecular flexibility index (Phi) is 6.77. The van der Waals surface area contributed by atoms with Crippen molar-refractivity contribution >= 4 is 32.9 Å². The van der Waals surface area contributed by atoms with E-state index < -0.39 is 16.1 Å². The van der Waals surface area contributed by atoms with Crippen molar-refractivity contribution in [1.82, 2.24) is 24.5 Å². The average Bonchev–Trinajstić information content (AvgIpc) is 2.97. The van der Waals surface area contributed by atoms with E-state index in [1.807, 2.05) is 11.6 Å². The van der Waals surface area contributed by atoms with Gasteiger partial charge in [-0.2, -0.15) is 4.31 Å². The fraction of sp³-hybridized carbons (Fsp3) is 0.571. The van der Waals surface area contributed by atoms with E-state index in [-0.39, 0.29) is 23.1 Å². The Hall–Kier alpha value is -2.50. The summed E-state index contributed by atoms with van der Waals surface area (Å²) in [5, 5.41) is 5.63. The highest BCUT2D eigenvalue weighted by atomic mass is 32.2. The van der Waals surface area contributed by atoms with Gasteiger partial charge in [-0.3, -0.25) is 9.59 Å². The number of nitrogens with zero attached hydrogens (tertiary/aromatic N) is 3. The van der Waals surface area contributed by atoms with Crippen LogP contribution in [-0.2, 0) is 37.8 Å². The molecule has 2 fully saturated rings. The second-order valence-electron chi connectivity index (χ2n) is 8.16. The lowest BCUT2D eigenvalue weighted by atomic mass is 10.1. The van der Waals surface area contributed by atoms with Gasteiger partial charge in [0.2, 0.25) is 21.8 Å². The number of imidazole rings is 1. The van der Waals surface area contributed by atoms with Gasteiger partial charge in [-0.1, -0.05) is 0 Å². The second kappa shape index (κ2) is 9.55. The summed E-state index contributed by atoms with van der Waals surface area (Å²) < 4.78 is 34.4. The van der Waals surface area contributed by atoms with Gasteiger partial charge in [0.15, 0.2) is 0 Å². The van der Waals surface area contributed by atoms with E-state index in [1.54, 1.807) is 18.2 Å². The van der Waals surface area contributed by atoms with E-state index >= 15 is 0 Å². The normalized spacial score (nSPS) is 20.7. The van der Waals surface area contributed by atoms with E-state index in [1.165, 1.54) is 4.31 Å². The summed E-state index contributed by atoms with van der Waals surface area (Å²) in [6, 6.07) is 4.43. The van der Waals surface area contributed by atoms with Crippen LogP contribution < -0.4 is 10.6 Å². The van der Waals surface area contributed by atoms with E-state index in [4.69, 9.17) is 4.74 Å². The number of aryl methyl sites for hydroxylation is 2. The third-order valence-corrected chi connectivity index (χ3v) is 7.89. The third kappa shape index (κ3) is 4.79. The van der Waals surface area contributed by atoms with Crippen LogP contribution in [0, 0.1) is 0 Å². The van der Waals surface area contributed by atoms with Crippen molar-refractivity contribution in [1.29, 1.82) is 0 Å². The number of carbonyl (C=O) groups is 2. The predicted molar refractivity (Wildman–Crippen MR) is 117 cm³/mol. The Bertz CT molecular complexity index is 1110. The van der Waals surface area contributed by atoms with Crippen molar-refractivity contribution in [3.8, 4) is 0 Å². The number of morpholine rings is 1. The van der Waals surface area contributed by atoms with Gasteiger partial charge in [-0.05, 0) is 37.5 Å². The summed E-state index contributed by atoms with van der Waals surface area (Å²) in [5.74, 6) is 0.351. The quantitative estimate of drug-likeness (QED) is 0.636. The van der Waals surface area contributed by atoms with Crippen LogP contribution in [0.3, 0.4) is 0 Å². The zero-order chi connectivity index (χ0) is 22.7. The molecule has 1 unspecified atom stereocenters. The van der Waals surface area contributed by atoms with Crippen LogP contribution in [0.15, 0.2) is 23.1 Å². The Morgan fingerprint density at radius 1 is 1.28 bits per heavy atom. The van der Waals surface area contributed by atoms with Crippen LogP contribution in [0.1, 0.15) is 31.5 Å². The molecule has 0 aliphatic carbocycles. The van der Waals surface area contributed by atoms with E-state index in [9.17, 15) is 18.0 Å². The van der Waals surface area contributed by atoms with Gasteiger partial charge < -0.3 is 19.9 Å². The molecule has 4 rings (SSSR count). The maximum Gasteiger partial charge on any atom is 0.243 e. The topological polar surface area (TPSA) is 123 Å². The lowest BCUT2D eigenvalue weighted by Crippen LogP contribution is -2.45. The maximum atomic E-state index is 12.9. The van der Waals surface area contributed by atoms with Crippen LogP contribution in [0.4, 0.5) is 0 Å². The molecule has 2 aliphatic rings. The summed E-state index contributed by atoms with van der Waals surface area (Å²) in [5.41, 5.74) is 1.37. The van der Waals surface area contributed by atoms with E-state index in [0.29, 0.717) is 57.0 Å². The zero-order valence-electron chi connectivity index (χ0n) is 18.2. The van der Waals surface area contributed by atoms with Crippen LogP contribution in [0.25, 0.3) is 11.0 Å². The van der Waals surface area contributed by atoms with Crippen LogP contribution >= 0.6 is 0 Å². The number of fused-ring (bicyclic) bond motifs is 1. The van der Waals surface area contributed by atoms with Crippen LogP contribution in [-0.4, -0.2) is 73.0 Å². The molecule has 11 heteroatoms. The lowest BCUT2D eigenvalue weighted by Gasteiger charge is -2.26. The summed E-state index contributed by atoms with van der Waals surface area (Å²) >= 11 is 0. The molecule has 0 saturated carbocycles. The highest BCUT2D eigenvalue weighted by Crippen LogP contribution is 2.23. The van der Waals surface area contributed by atoms with Crippen molar-refractivity contribution in [3.05, 3.63) is 24.0 Å². The molecule has 1 atom stereocenters. The number of sulfonamides is 1. The number of benzene rings is 1. The largest absolute Gasteiger partial charge is 0.379 e. The van der Waals surface area contributed by atoms with Gasteiger partial charge in [0, 0.05) is 39.5 Å². The van der Waals surface area contributed by atoms with Crippen molar-refractivity contribution < 1.29 is 22.7 Å². The molecular formula is C21H29N5O5S. The molecule has 2 amide bonds. The van der Waals surface area contributed by atoms with Gasteiger partial charge in [-0.15, -0.1) is 0 Å². The van der Waals surface area contributed by atoms with Crippen LogP contribution in [0.5, 0.6) is 0 Å². The summed E-state index contributed by atoms with van der Waals surface area (Å²) in [7, 11) is -1.76. The molecule has 174 valence electrons. The standard InChI is InChI=1S/C21H29N5O5S/c1-25-18-6-5-15(32(29,30)26-10-12-31-13-11-26)14-17(18)23-19(25)7-8-20(27)24-16-4-2-3-9-22-21(16)28/h5-6,14,16H,2-4,7-13H2,1H3,(H,22,28)(H,24,27). The van der Waals surface area contributed by atoms with Gasteiger partial charge in [-0.25, -0.2) is 13.4 Å². The second-order valence-corrected chi connectivity index (χ2v) is 10.1. The molecule has 10 nitrogen and oxygen atoms in total. The Morgan fingerprint density at radius 3 is 2.84 bits per heavy atom. The SMILES string of the molecule is Cn1c(CCC(=O)NC2CCCCNC2=O)nc2cc(S(=O)(=O)N3CCOCC3)ccc21. The molecule has 3 heterocycles. The van der Waals surface area contributed by atoms with Crippen molar-refractivity contribution in [3.63, 3.8) is 0 Å². The first-order chi connectivity index (χ1) is 15.4. The molecule has 0 radical (unpaired) electrons. The number of nitrogens with one attached hydrogen (secondary N) is 2. The molecule has 32 heavy (non-hydrogen) atoms. The minimum absolute atomic E-state index is 0.132. The summed E-state index contributed by atoms with van der Waals surface area (Å²) in [4.78, 5) is 29.2. The molecule has 1 aromatic carbocycles. The third-order valence-electron chi connectivity index (χ3n) is 6.00. The lowest BCUT2D eigenvalue weighted by molar-refractivity contribution is -0.128. The molecule has 0 bridgehead atoms. The Morgan fingerprint density at radius 2 is 2.06 bits per heavy atom. The van der Waals surface area contributed by atoms with Gasteiger partial charge in [0.05, 0.1) is 29.1 Å². The Labute approximate surface area is 187 Å². The fourth-order valence-electron chi connectivity index (χ4n) is 4.12. The minimum atomic E-state index is -3.61. The first-order valence-corrected chi connectivity index (χ1v) is 12.4. The van der Waals surface area contributed by atoms with E-state index in [0.717, 1.165) is 18.4 Å². The molecule has 2 aliphatic heterocycles. The summed E-state index contributed by atoms with van der Waals surface area (Å²) in [6.07, 6.45) is 3.03. The first kappa shape index (κ1) is 22.7. The number of aromatic nitrogens is 2. The predicted octanol–water partition coefficient (Wildman–Crippen LogP) is 0.312. The maximum absolute atomic E-state index is 12.9. The molecule has 2 aromatic rings. The minimum Gasteiger partial charge on any atom is -0.379 e. The van der Waals surface area contributed by atoms with E-state index in [2.05, 4.69) is 15.6 Å². The number of amides is 2. The molecule has 2 saturated heterocycles. The van der Waals surface area contributed by atoms with Gasteiger partial charge in [0.25, 0.3) is 0 Å². The van der Waals surface area contributed by atoms with Gasteiger partial charge >= 0.3 is 0 Å². The van der Waals surface area contributed by atoms with Crippen LogP contribution in [0.2, 0.25) is 0 Å². The number of carbonyl (C=O) groups excluding carboxylic acids is 2. The highest BCUT2D eigenvalue weighted by Gasteiger charge is 2.27. The average molecular weight is 464 g/mol. The fourth-order valence-corrected chi connectivity index (χ4v) is 5.55. The number of ether oxygens (including phenoxy) is 1. The van der Waals surface area contributed by atoms with Crippen molar-refractivity contribution in [2.75, 3.05) is 32.8 Å². The molecular weight excluding hydrogens is 434 g/mol. The zero-order valence-corrected chi connectivity index (χ0v) is 19.0.